The van der Waals surface area contributed by atoms with Crippen LogP contribution in [0.5, 0.6) is 5.75 Å². The van der Waals surface area contributed by atoms with Crippen molar-refractivity contribution in [1.82, 2.24) is 10.2 Å². The summed E-state index contributed by atoms with van der Waals surface area (Å²) in [7, 11) is 1.67. The number of carbonyl (C=O) groups is 2. The maximum atomic E-state index is 12.9. The molecule has 0 bridgehead atoms. The first kappa shape index (κ1) is 29.1. The molecule has 0 spiro atoms. The topological polar surface area (TPSA) is 114 Å². The summed E-state index contributed by atoms with van der Waals surface area (Å²) in [6.45, 7) is 10.6. The zero-order valence-electron chi connectivity index (χ0n) is 22.1. The van der Waals surface area contributed by atoms with Crippen molar-refractivity contribution in [2.24, 2.45) is 23.0 Å². The Morgan fingerprint density at radius 2 is 1.91 bits per heavy atom. The van der Waals surface area contributed by atoms with Crippen molar-refractivity contribution in [2.45, 2.75) is 65.5 Å². The number of nitrogens with zero attached hydrogens (tertiary/aromatic N) is 1. The highest BCUT2D eigenvalue weighted by Crippen LogP contribution is 2.30. The van der Waals surface area contributed by atoms with Crippen LogP contribution < -0.4 is 15.8 Å². The second kappa shape index (κ2) is 13.8. The van der Waals surface area contributed by atoms with Gasteiger partial charge in [0.2, 0.25) is 5.91 Å². The van der Waals surface area contributed by atoms with E-state index in [1.165, 1.54) is 0 Å². The number of carbonyl (C=O) groups excluding carboxylic acids is 2. The first-order valence-electron chi connectivity index (χ1n) is 12.8. The van der Waals surface area contributed by atoms with Gasteiger partial charge in [0.15, 0.2) is 0 Å². The first-order valence-corrected chi connectivity index (χ1v) is 12.8. The molecule has 8 heteroatoms. The molecule has 3 atom stereocenters. The summed E-state index contributed by atoms with van der Waals surface area (Å²) in [6.07, 6.45) is 2.27. The number of rotatable bonds is 15. The minimum Gasteiger partial charge on any atom is -0.493 e. The Morgan fingerprint density at radius 3 is 2.54 bits per heavy atom. The van der Waals surface area contributed by atoms with Crippen LogP contribution in [0.2, 0.25) is 0 Å². The van der Waals surface area contributed by atoms with E-state index in [0.717, 1.165) is 19.3 Å². The molecule has 0 aromatic heterocycles. The van der Waals surface area contributed by atoms with E-state index in [9.17, 15) is 14.7 Å². The molecule has 8 nitrogen and oxygen atoms in total. The molecule has 1 heterocycles. The summed E-state index contributed by atoms with van der Waals surface area (Å²) in [4.78, 5) is 27.1. The fourth-order valence-corrected chi connectivity index (χ4v) is 4.31. The largest absolute Gasteiger partial charge is 0.493 e. The standard InChI is InChI=1S/C27H45N3O5/c1-19(2)20(16-22(28)23(31)18-30-13-12-27(3,4)26(30)33)17-29-25(32)21-10-6-7-11-24(21)35-15-9-8-14-34-5/h6-7,10-11,19-20,22-23,31H,8-9,12-18,28H2,1-5H3,(H,29,32)/t20-,22+,23+/m1/s1. The lowest BCUT2D eigenvalue weighted by Crippen LogP contribution is -2.47. The minimum absolute atomic E-state index is 0.0657. The summed E-state index contributed by atoms with van der Waals surface area (Å²) in [6, 6.07) is 6.75. The number of hydrogen-bond acceptors (Lipinski definition) is 6. The predicted octanol–water partition coefficient (Wildman–Crippen LogP) is 2.83. The van der Waals surface area contributed by atoms with Crippen LogP contribution in [0.4, 0.5) is 0 Å². The molecule has 1 fully saturated rings. The zero-order valence-corrected chi connectivity index (χ0v) is 22.1. The van der Waals surface area contributed by atoms with E-state index in [4.69, 9.17) is 15.2 Å². The predicted molar refractivity (Wildman–Crippen MR) is 137 cm³/mol. The molecule has 1 saturated heterocycles. The third kappa shape index (κ3) is 8.78. The van der Waals surface area contributed by atoms with Crippen molar-refractivity contribution in [1.29, 1.82) is 0 Å². The van der Waals surface area contributed by atoms with E-state index in [1.807, 2.05) is 26.0 Å². The third-order valence-corrected chi connectivity index (χ3v) is 6.95. The molecule has 0 unspecified atom stereocenters. The molecule has 0 saturated carbocycles. The van der Waals surface area contributed by atoms with E-state index in [-0.39, 0.29) is 35.6 Å². The molecular weight excluding hydrogens is 446 g/mol. The summed E-state index contributed by atoms with van der Waals surface area (Å²) < 4.78 is 10.9. The van der Waals surface area contributed by atoms with Crippen molar-refractivity contribution in [3.63, 3.8) is 0 Å². The van der Waals surface area contributed by atoms with Crippen molar-refractivity contribution >= 4 is 11.8 Å². The molecule has 2 amide bonds. The number of likely N-dealkylation sites (tertiary alicyclic amines) is 1. The van der Waals surface area contributed by atoms with Gasteiger partial charge >= 0.3 is 0 Å². The maximum Gasteiger partial charge on any atom is 0.255 e. The number of ether oxygens (including phenoxy) is 2. The van der Waals surface area contributed by atoms with Gasteiger partial charge in [-0.1, -0.05) is 39.8 Å². The number of methoxy groups -OCH3 is 1. The van der Waals surface area contributed by atoms with Gasteiger partial charge in [0.25, 0.3) is 5.91 Å². The number of aliphatic hydroxyl groups excluding tert-OH is 1. The van der Waals surface area contributed by atoms with Crippen LogP contribution in [0.1, 0.15) is 63.7 Å². The van der Waals surface area contributed by atoms with E-state index < -0.39 is 12.1 Å². The number of unbranched alkanes of at least 4 members (excludes halogenated alkanes) is 1. The number of aliphatic hydroxyl groups is 1. The molecule has 1 aliphatic rings. The maximum absolute atomic E-state index is 12.9. The van der Waals surface area contributed by atoms with Crippen molar-refractivity contribution < 1.29 is 24.2 Å². The number of β-amino-alcohol motifs (C(OH)–C–C–N with tert-alkyl or cyclic N) is 1. The van der Waals surface area contributed by atoms with Gasteiger partial charge in [-0.3, -0.25) is 9.59 Å². The number of nitrogens with two attached hydrogens (primary N) is 1. The van der Waals surface area contributed by atoms with Crippen LogP contribution in [0.25, 0.3) is 0 Å². The van der Waals surface area contributed by atoms with Gasteiger partial charge in [-0.15, -0.1) is 0 Å². The fraction of sp³-hybridized carbons (Fsp3) is 0.704. The van der Waals surface area contributed by atoms with E-state index in [0.29, 0.717) is 44.0 Å². The molecule has 0 radical (unpaired) electrons. The molecule has 4 N–H and O–H groups in total. The Morgan fingerprint density at radius 1 is 1.23 bits per heavy atom. The SMILES string of the molecule is COCCCCOc1ccccc1C(=O)NC[C@@H](C[C@H](N)[C@@H](O)CN1CCC(C)(C)C1=O)C(C)C. The van der Waals surface area contributed by atoms with Gasteiger partial charge in [-0.05, 0) is 49.7 Å². The zero-order chi connectivity index (χ0) is 26.0. The van der Waals surface area contributed by atoms with Crippen LogP contribution in [-0.2, 0) is 9.53 Å². The van der Waals surface area contributed by atoms with E-state index in [2.05, 4.69) is 19.2 Å². The number of hydrogen-bond donors (Lipinski definition) is 3. The summed E-state index contributed by atoms with van der Waals surface area (Å²) in [5, 5.41) is 13.7. The number of para-hydroxylation sites is 1. The molecule has 35 heavy (non-hydrogen) atoms. The number of benzene rings is 1. The second-order valence-electron chi connectivity index (χ2n) is 10.6. The van der Waals surface area contributed by atoms with Gasteiger partial charge in [-0.2, -0.15) is 0 Å². The average molecular weight is 492 g/mol. The smallest absolute Gasteiger partial charge is 0.255 e. The molecule has 1 aromatic carbocycles. The Hall–Kier alpha value is -2.16. The summed E-state index contributed by atoms with van der Waals surface area (Å²) in [5.41, 5.74) is 6.47. The van der Waals surface area contributed by atoms with Gasteiger partial charge < -0.3 is 30.5 Å². The van der Waals surface area contributed by atoms with Crippen LogP contribution >= 0.6 is 0 Å². The van der Waals surface area contributed by atoms with Crippen LogP contribution in [0.3, 0.4) is 0 Å². The van der Waals surface area contributed by atoms with Gasteiger partial charge in [0, 0.05) is 44.8 Å². The first-order chi connectivity index (χ1) is 16.6. The Balaban J connectivity index is 1.89. The monoisotopic (exact) mass is 491 g/mol. The van der Waals surface area contributed by atoms with E-state index >= 15 is 0 Å². The molecule has 1 aromatic rings. The Bertz CT molecular complexity index is 814. The highest BCUT2D eigenvalue weighted by atomic mass is 16.5. The highest BCUT2D eigenvalue weighted by molar-refractivity contribution is 5.96. The molecular formula is C27H45N3O5. The number of nitrogens with one attached hydrogen (secondary N) is 1. The molecule has 1 aliphatic heterocycles. The lowest BCUT2D eigenvalue weighted by atomic mass is 9.87. The fourth-order valence-electron chi connectivity index (χ4n) is 4.31. The van der Waals surface area contributed by atoms with E-state index in [1.54, 1.807) is 24.1 Å². The van der Waals surface area contributed by atoms with Crippen LogP contribution in [0, 0.1) is 17.3 Å². The Kier molecular flexibility index (Phi) is 11.5. The quantitative estimate of drug-likeness (QED) is 0.325. The average Bonchev–Trinajstić information content (AvgIpc) is 3.08. The highest BCUT2D eigenvalue weighted by Gasteiger charge is 2.39. The third-order valence-electron chi connectivity index (χ3n) is 6.95. The van der Waals surface area contributed by atoms with Crippen LogP contribution in [-0.4, -0.2) is 73.9 Å². The molecule has 2 rings (SSSR count). The summed E-state index contributed by atoms with van der Waals surface area (Å²) in [5.74, 6) is 0.775. The van der Waals surface area contributed by atoms with Crippen LogP contribution in [0.15, 0.2) is 24.3 Å². The number of amides is 2. The lowest BCUT2D eigenvalue weighted by Gasteiger charge is -2.30. The van der Waals surface area contributed by atoms with Gasteiger partial charge in [0.1, 0.15) is 5.75 Å². The van der Waals surface area contributed by atoms with Gasteiger partial charge in [-0.25, -0.2) is 0 Å². The van der Waals surface area contributed by atoms with Crippen molar-refractivity contribution in [3.05, 3.63) is 29.8 Å². The van der Waals surface area contributed by atoms with Crippen molar-refractivity contribution in [2.75, 3.05) is 40.0 Å². The van der Waals surface area contributed by atoms with Crippen molar-refractivity contribution in [3.8, 4) is 5.75 Å². The summed E-state index contributed by atoms with van der Waals surface area (Å²) >= 11 is 0. The minimum atomic E-state index is -0.808. The second-order valence-corrected chi connectivity index (χ2v) is 10.6. The molecule has 0 aliphatic carbocycles. The Labute approximate surface area is 210 Å². The molecule has 198 valence electrons. The normalized spacial score (nSPS) is 17.9. The van der Waals surface area contributed by atoms with Gasteiger partial charge in [0.05, 0.1) is 18.3 Å². The lowest BCUT2D eigenvalue weighted by molar-refractivity contribution is -0.135.